The molecular weight excluding hydrogens is 463 g/mol. The Hall–Kier alpha value is -3.69. The highest BCUT2D eigenvalue weighted by Crippen LogP contribution is 2.24. The number of nitrogens with zero attached hydrogens (tertiary/aromatic N) is 7. The third-order valence-electron chi connectivity index (χ3n) is 5.32. The maximum atomic E-state index is 12.9. The Morgan fingerprint density at radius 3 is 2.70 bits per heavy atom. The van der Waals surface area contributed by atoms with Crippen LogP contribution in [0.2, 0.25) is 10.0 Å². The maximum Gasteiger partial charge on any atom is 0.276 e. The SMILES string of the molecule is Cc1c(-c2ccnc3cc(C(=O)Nc4cnn(Cc5ccc(Cl)c(Cl)c5)c4)nn23)cnn1C. The maximum absolute atomic E-state index is 12.9. The van der Waals surface area contributed by atoms with Gasteiger partial charge in [0.05, 0.1) is 40.4 Å². The van der Waals surface area contributed by atoms with Crippen LogP contribution in [0.15, 0.2) is 55.1 Å². The molecule has 0 aliphatic heterocycles. The molecule has 0 fully saturated rings. The molecule has 0 aliphatic carbocycles. The zero-order valence-corrected chi connectivity index (χ0v) is 19.2. The minimum absolute atomic E-state index is 0.244. The summed E-state index contributed by atoms with van der Waals surface area (Å²) in [4.78, 5) is 17.2. The number of carbonyl (C=O) groups excluding carboxylic acids is 1. The lowest BCUT2D eigenvalue weighted by molar-refractivity contribution is 0.102. The van der Waals surface area contributed by atoms with Crippen LogP contribution in [0, 0.1) is 6.92 Å². The van der Waals surface area contributed by atoms with Crippen molar-refractivity contribution in [2.75, 3.05) is 5.32 Å². The number of anilines is 1. The second kappa shape index (κ2) is 8.34. The molecule has 0 saturated heterocycles. The van der Waals surface area contributed by atoms with Crippen molar-refractivity contribution in [3.05, 3.63) is 82.1 Å². The summed E-state index contributed by atoms with van der Waals surface area (Å²) in [5.41, 5.74) is 5.01. The van der Waals surface area contributed by atoms with E-state index in [9.17, 15) is 4.79 Å². The fraction of sp³-hybridized carbons (Fsp3) is 0.136. The number of aryl methyl sites for hydroxylation is 1. The van der Waals surface area contributed by atoms with E-state index in [2.05, 4.69) is 25.6 Å². The molecule has 11 heteroatoms. The summed E-state index contributed by atoms with van der Waals surface area (Å²) < 4.78 is 5.13. The van der Waals surface area contributed by atoms with Gasteiger partial charge in [-0.1, -0.05) is 29.3 Å². The van der Waals surface area contributed by atoms with Crippen molar-refractivity contribution in [2.45, 2.75) is 13.5 Å². The predicted molar refractivity (Wildman–Crippen MR) is 126 cm³/mol. The number of halogens is 2. The van der Waals surface area contributed by atoms with Crippen LogP contribution < -0.4 is 5.32 Å². The van der Waals surface area contributed by atoms with E-state index in [0.29, 0.717) is 27.9 Å². The Bertz CT molecular complexity index is 1500. The molecule has 1 amide bonds. The molecule has 0 unspecified atom stereocenters. The number of carbonyl (C=O) groups is 1. The molecule has 5 aromatic rings. The number of benzene rings is 1. The van der Waals surface area contributed by atoms with E-state index in [1.54, 1.807) is 56.9 Å². The Morgan fingerprint density at radius 2 is 1.94 bits per heavy atom. The third kappa shape index (κ3) is 4.08. The molecule has 1 aromatic carbocycles. The highest BCUT2D eigenvalue weighted by atomic mass is 35.5. The van der Waals surface area contributed by atoms with Crippen LogP contribution in [0.4, 0.5) is 5.69 Å². The van der Waals surface area contributed by atoms with Gasteiger partial charge in [0.2, 0.25) is 0 Å². The number of nitrogens with one attached hydrogen (secondary N) is 1. The monoisotopic (exact) mass is 480 g/mol. The summed E-state index contributed by atoms with van der Waals surface area (Å²) in [7, 11) is 1.88. The molecule has 0 bridgehead atoms. The predicted octanol–water partition coefficient (Wildman–Crippen LogP) is 4.24. The van der Waals surface area contributed by atoms with Gasteiger partial charge in [0.15, 0.2) is 11.3 Å². The van der Waals surface area contributed by atoms with E-state index < -0.39 is 0 Å². The van der Waals surface area contributed by atoms with Crippen molar-refractivity contribution in [1.82, 2.24) is 34.2 Å². The number of fused-ring (bicyclic) bond motifs is 1. The zero-order valence-electron chi connectivity index (χ0n) is 17.7. The average molecular weight is 481 g/mol. The van der Waals surface area contributed by atoms with Gasteiger partial charge in [0, 0.05) is 36.8 Å². The minimum Gasteiger partial charge on any atom is -0.318 e. The molecular formula is C22H18Cl2N8O. The molecule has 0 saturated carbocycles. The van der Waals surface area contributed by atoms with Gasteiger partial charge in [0.25, 0.3) is 5.91 Å². The first-order chi connectivity index (χ1) is 15.9. The lowest BCUT2D eigenvalue weighted by Gasteiger charge is -2.04. The highest BCUT2D eigenvalue weighted by Gasteiger charge is 2.17. The van der Waals surface area contributed by atoms with Crippen molar-refractivity contribution >= 4 is 40.4 Å². The molecule has 33 heavy (non-hydrogen) atoms. The van der Waals surface area contributed by atoms with Crippen LogP contribution >= 0.6 is 23.2 Å². The zero-order chi connectivity index (χ0) is 23.1. The normalized spacial score (nSPS) is 11.3. The van der Waals surface area contributed by atoms with Gasteiger partial charge in [-0.25, -0.2) is 9.50 Å². The summed E-state index contributed by atoms with van der Waals surface area (Å²) in [5.74, 6) is -0.358. The molecule has 0 spiro atoms. The van der Waals surface area contributed by atoms with E-state index in [0.717, 1.165) is 22.5 Å². The lowest BCUT2D eigenvalue weighted by Crippen LogP contribution is -2.12. The van der Waals surface area contributed by atoms with E-state index in [4.69, 9.17) is 23.2 Å². The minimum atomic E-state index is -0.358. The van der Waals surface area contributed by atoms with Crippen LogP contribution in [-0.4, -0.2) is 40.1 Å². The fourth-order valence-corrected chi connectivity index (χ4v) is 3.82. The number of aromatic nitrogens is 7. The van der Waals surface area contributed by atoms with Crippen LogP contribution in [0.1, 0.15) is 21.7 Å². The van der Waals surface area contributed by atoms with E-state index >= 15 is 0 Å². The van der Waals surface area contributed by atoms with Gasteiger partial charge in [0.1, 0.15) is 0 Å². The van der Waals surface area contributed by atoms with Crippen molar-refractivity contribution in [1.29, 1.82) is 0 Å². The molecule has 4 aromatic heterocycles. The highest BCUT2D eigenvalue weighted by molar-refractivity contribution is 6.42. The topological polar surface area (TPSA) is 94.9 Å². The van der Waals surface area contributed by atoms with Gasteiger partial charge in [-0.3, -0.25) is 14.2 Å². The summed E-state index contributed by atoms with van der Waals surface area (Å²) in [5, 5.41) is 16.9. The molecule has 0 atom stereocenters. The molecule has 5 rings (SSSR count). The smallest absolute Gasteiger partial charge is 0.276 e. The lowest BCUT2D eigenvalue weighted by atomic mass is 10.2. The van der Waals surface area contributed by atoms with Gasteiger partial charge in [-0.05, 0) is 30.7 Å². The average Bonchev–Trinajstić information content (AvgIpc) is 3.50. The van der Waals surface area contributed by atoms with Crippen LogP contribution in [0.3, 0.4) is 0 Å². The third-order valence-corrected chi connectivity index (χ3v) is 6.06. The van der Waals surface area contributed by atoms with Gasteiger partial charge in [-0.15, -0.1) is 0 Å². The van der Waals surface area contributed by atoms with E-state index in [1.165, 1.54) is 0 Å². The Balaban J connectivity index is 1.36. The van der Waals surface area contributed by atoms with Crippen LogP contribution in [0.5, 0.6) is 0 Å². The molecule has 0 aliphatic rings. The number of hydrogen-bond donors (Lipinski definition) is 1. The first-order valence-corrected chi connectivity index (χ1v) is 10.8. The largest absolute Gasteiger partial charge is 0.318 e. The molecule has 4 heterocycles. The second-order valence-corrected chi connectivity index (χ2v) is 8.34. The Morgan fingerprint density at radius 1 is 1.09 bits per heavy atom. The molecule has 0 radical (unpaired) electrons. The Kier molecular flexibility index (Phi) is 5.35. The Labute approximate surface area is 198 Å². The van der Waals surface area contributed by atoms with Gasteiger partial charge in [-0.2, -0.15) is 15.3 Å². The molecule has 1 N–H and O–H groups in total. The van der Waals surface area contributed by atoms with E-state index in [-0.39, 0.29) is 11.6 Å². The van der Waals surface area contributed by atoms with Crippen LogP contribution in [-0.2, 0) is 13.6 Å². The molecule has 9 nitrogen and oxygen atoms in total. The number of amides is 1. The van der Waals surface area contributed by atoms with Gasteiger partial charge >= 0.3 is 0 Å². The van der Waals surface area contributed by atoms with Crippen molar-refractivity contribution in [3.8, 4) is 11.3 Å². The number of hydrogen-bond acceptors (Lipinski definition) is 5. The van der Waals surface area contributed by atoms with Gasteiger partial charge < -0.3 is 5.32 Å². The first-order valence-electron chi connectivity index (χ1n) is 10.0. The first kappa shape index (κ1) is 21.2. The van der Waals surface area contributed by atoms with Crippen LogP contribution in [0.25, 0.3) is 16.9 Å². The summed E-state index contributed by atoms with van der Waals surface area (Å²) in [6.07, 6.45) is 6.77. The summed E-state index contributed by atoms with van der Waals surface area (Å²) in [6, 6.07) is 8.89. The van der Waals surface area contributed by atoms with Crippen molar-refractivity contribution in [2.24, 2.45) is 7.05 Å². The van der Waals surface area contributed by atoms with E-state index in [1.807, 2.05) is 26.1 Å². The van der Waals surface area contributed by atoms with Crippen molar-refractivity contribution < 1.29 is 4.79 Å². The standard InChI is InChI=1S/C22H18Cl2N8O/c1-13-16(10-26-30(13)2)20-5-6-25-21-8-19(29-32(20)21)22(33)28-15-9-27-31(12-15)11-14-3-4-17(23)18(24)7-14/h3-10,12H,11H2,1-2H3,(H,28,33). The van der Waals surface area contributed by atoms with Crippen molar-refractivity contribution in [3.63, 3.8) is 0 Å². The summed E-state index contributed by atoms with van der Waals surface area (Å²) in [6.45, 7) is 2.46. The molecule has 166 valence electrons. The number of rotatable bonds is 5. The summed E-state index contributed by atoms with van der Waals surface area (Å²) >= 11 is 12.0. The quantitative estimate of drug-likeness (QED) is 0.405. The second-order valence-electron chi connectivity index (χ2n) is 7.53. The fourth-order valence-electron chi connectivity index (χ4n) is 3.50.